The lowest BCUT2D eigenvalue weighted by molar-refractivity contribution is 0.318. The second-order valence-electron chi connectivity index (χ2n) is 4.29. The van der Waals surface area contributed by atoms with E-state index in [9.17, 15) is 8.42 Å². The van der Waals surface area contributed by atoms with E-state index in [-0.39, 0.29) is 5.75 Å². The standard InChI is InChI=1S/C13H21NO3S2/c1-19(15,16)10-9-18-8-2-7-17-13-5-3-12(11-14)4-6-13/h3-6H,2,7-11,14H2,1H3. The van der Waals surface area contributed by atoms with Crippen LogP contribution in [0.2, 0.25) is 0 Å². The monoisotopic (exact) mass is 303 g/mol. The summed E-state index contributed by atoms with van der Waals surface area (Å²) in [5.41, 5.74) is 6.60. The molecule has 1 aromatic carbocycles. The fourth-order valence-electron chi connectivity index (χ4n) is 1.39. The molecule has 0 aliphatic heterocycles. The maximum Gasteiger partial charge on any atom is 0.148 e. The molecular formula is C13H21NO3S2. The second kappa shape index (κ2) is 8.45. The lowest BCUT2D eigenvalue weighted by atomic mass is 10.2. The van der Waals surface area contributed by atoms with Crippen LogP contribution in [0, 0.1) is 0 Å². The molecule has 0 unspecified atom stereocenters. The molecule has 0 atom stereocenters. The van der Waals surface area contributed by atoms with Crippen molar-refractivity contribution < 1.29 is 13.2 Å². The molecule has 19 heavy (non-hydrogen) atoms. The van der Waals surface area contributed by atoms with Gasteiger partial charge in [-0.25, -0.2) is 8.42 Å². The number of ether oxygens (including phenoxy) is 1. The van der Waals surface area contributed by atoms with Gasteiger partial charge in [-0.1, -0.05) is 12.1 Å². The zero-order chi connectivity index (χ0) is 14.1. The third-order valence-corrected chi connectivity index (χ3v) is 4.73. The Hall–Kier alpha value is -0.720. The van der Waals surface area contributed by atoms with Gasteiger partial charge in [0, 0.05) is 18.6 Å². The van der Waals surface area contributed by atoms with Crippen molar-refractivity contribution in [2.24, 2.45) is 5.73 Å². The predicted molar refractivity (Wildman–Crippen MR) is 81.5 cm³/mol. The minimum atomic E-state index is -2.83. The van der Waals surface area contributed by atoms with Gasteiger partial charge in [-0.3, -0.25) is 0 Å². The van der Waals surface area contributed by atoms with Gasteiger partial charge in [0.05, 0.1) is 12.4 Å². The van der Waals surface area contributed by atoms with Gasteiger partial charge in [0.2, 0.25) is 0 Å². The fourth-order valence-corrected chi connectivity index (χ4v) is 3.59. The number of benzene rings is 1. The van der Waals surface area contributed by atoms with Gasteiger partial charge in [0.1, 0.15) is 15.6 Å². The Morgan fingerprint density at radius 3 is 2.47 bits per heavy atom. The molecule has 0 aliphatic rings. The van der Waals surface area contributed by atoms with Crippen molar-refractivity contribution in [1.82, 2.24) is 0 Å². The highest BCUT2D eigenvalue weighted by Crippen LogP contribution is 2.12. The first-order valence-electron chi connectivity index (χ1n) is 6.18. The van der Waals surface area contributed by atoms with Crippen LogP contribution in [-0.4, -0.2) is 38.5 Å². The molecule has 0 spiro atoms. The Balaban J connectivity index is 2.07. The third kappa shape index (κ3) is 8.13. The Morgan fingerprint density at radius 1 is 1.21 bits per heavy atom. The van der Waals surface area contributed by atoms with Crippen molar-refractivity contribution in [3.8, 4) is 5.75 Å². The molecule has 0 saturated heterocycles. The number of hydrogen-bond acceptors (Lipinski definition) is 5. The summed E-state index contributed by atoms with van der Waals surface area (Å²) < 4.78 is 27.4. The molecule has 4 nitrogen and oxygen atoms in total. The molecule has 1 rings (SSSR count). The maximum absolute atomic E-state index is 10.9. The van der Waals surface area contributed by atoms with E-state index in [2.05, 4.69) is 0 Å². The minimum Gasteiger partial charge on any atom is -0.494 e. The van der Waals surface area contributed by atoms with Crippen molar-refractivity contribution in [2.75, 3.05) is 30.1 Å². The van der Waals surface area contributed by atoms with E-state index >= 15 is 0 Å². The topological polar surface area (TPSA) is 69.4 Å². The second-order valence-corrected chi connectivity index (χ2v) is 7.78. The molecule has 0 aromatic heterocycles. The van der Waals surface area contributed by atoms with Crippen molar-refractivity contribution in [1.29, 1.82) is 0 Å². The molecule has 1 aromatic rings. The van der Waals surface area contributed by atoms with Crippen LogP contribution in [0.15, 0.2) is 24.3 Å². The summed E-state index contributed by atoms with van der Waals surface area (Å²) in [6.07, 6.45) is 2.18. The smallest absolute Gasteiger partial charge is 0.148 e. The quantitative estimate of drug-likeness (QED) is 0.703. The Morgan fingerprint density at radius 2 is 1.89 bits per heavy atom. The van der Waals surface area contributed by atoms with Crippen LogP contribution in [0.3, 0.4) is 0 Å². The highest BCUT2D eigenvalue weighted by molar-refractivity contribution is 8.00. The number of nitrogens with two attached hydrogens (primary N) is 1. The van der Waals surface area contributed by atoms with Gasteiger partial charge in [0.25, 0.3) is 0 Å². The number of hydrogen-bond donors (Lipinski definition) is 1. The first kappa shape index (κ1) is 16.3. The van der Waals surface area contributed by atoms with Gasteiger partial charge in [0.15, 0.2) is 0 Å². The van der Waals surface area contributed by atoms with Crippen LogP contribution in [0.5, 0.6) is 5.75 Å². The summed E-state index contributed by atoms with van der Waals surface area (Å²) in [5, 5.41) is 0. The maximum atomic E-state index is 10.9. The first-order chi connectivity index (χ1) is 9.01. The summed E-state index contributed by atoms with van der Waals surface area (Å²) in [7, 11) is -2.83. The van der Waals surface area contributed by atoms with Gasteiger partial charge in [-0.15, -0.1) is 0 Å². The molecule has 0 bridgehead atoms. The van der Waals surface area contributed by atoms with Gasteiger partial charge in [-0.2, -0.15) is 11.8 Å². The van der Waals surface area contributed by atoms with E-state index in [1.807, 2.05) is 24.3 Å². The molecule has 0 saturated carbocycles. The van der Waals surface area contributed by atoms with E-state index in [1.165, 1.54) is 6.26 Å². The molecule has 0 amide bonds. The summed E-state index contributed by atoms with van der Waals surface area (Å²) in [5.74, 6) is 2.66. The highest BCUT2D eigenvalue weighted by atomic mass is 32.2. The molecular weight excluding hydrogens is 282 g/mol. The lowest BCUT2D eigenvalue weighted by Crippen LogP contribution is -2.06. The fraction of sp³-hybridized carbons (Fsp3) is 0.538. The molecule has 0 heterocycles. The van der Waals surface area contributed by atoms with Crippen molar-refractivity contribution >= 4 is 21.6 Å². The predicted octanol–water partition coefficient (Wildman–Crippen LogP) is 1.69. The average molecular weight is 303 g/mol. The average Bonchev–Trinajstić information content (AvgIpc) is 2.37. The number of sulfone groups is 1. The van der Waals surface area contributed by atoms with Crippen LogP contribution in [-0.2, 0) is 16.4 Å². The molecule has 6 heteroatoms. The largest absolute Gasteiger partial charge is 0.494 e. The Labute approximate surface area is 119 Å². The summed E-state index contributed by atoms with van der Waals surface area (Å²) in [4.78, 5) is 0. The number of rotatable bonds is 9. The van der Waals surface area contributed by atoms with E-state index in [0.29, 0.717) is 18.9 Å². The Kier molecular flexibility index (Phi) is 7.27. The summed E-state index contributed by atoms with van der Waals surface area (Å²) in [6, 6.07) is 7.74. The number of thioether (sulfide) groups is 1. The Bertz CT molecular complexity index is 457. The van der Waals surface area contributed by atoms with Crippen LogP contribution in [0.25, 0.3) is 0 Å². The van der Waals surface area contributed by atoms with Crippen LogP contribution in [0.4, 0.5) is 0 Å². The molecule has 0 fully saturated rings. The summed E-state index contributed by atoms with van der Waals surface area (Å²) >= 11 is 1.65. The van der Waals surface area contributed by atoms with Crippen molar-refractivity contribution in [2.45, 2.75) is 13.0 Å². The van der Waals surface area contributed by atoms with E-state index in [1.54, 1.807) is 11.8 Å². The molecule has 0 radical (unpaired) electrons. The van der Waals surface area contributed by atoms with E-state index in [4.69, 9.17) is 10.5 Å². The van der Waals surface area contributed by atoms with Crippen molar-refractivity contribution in [3.63, 3.8) is 0 Å². The minimum absolute atomic E-state index is 0.249. The lowest BCUT2D eigenvalue weighted by Gasteiger charge is -2.06. The first-order valence-corrected chi connectivity index (χ1v) is 9.40. The third-order valence-electron chi connectivity index (χ3n) is 2.46. The van der Waals surface area contributed by atoms with E-state index in [0.717, 1.165) is 23.5 Å². The molecule has 0 aliphatic carbocycles. The molecule has 108 valence electrons. The van der Waals surface area contributed by atoms with Gasteiger partial charge >= 0.3 is 0 Å². The van der Waals surface area contributed by atoms with Gasteiger partial charge < -0.3 is 10.5 Å². The van der Waals surface area contributed by atoms with Crippen LogP contribution < -0.4 is 10.5 Å². The summed E-state index contributed by atoms with van der Waals surface area (Å²) in [6.45, 7) is 1.19. The zero-order valence-corrected chi connectivity index (χ0v) is 12.8. The highest BCUT2D eigenvalue weighted by Gasteiger charge is 2.01. The zero-order valence-electron chi connectivity index (χ0n) is 11.2. The molecule has 2 N–H and O–H groups in total. The normalized spacial score (nSPS) is 11.5. The SMILES string of the molecule is CS(=O)(=O)CCSCCCOc1ccc(CN)cc1. The van der Waals surface area contributed by atoms with Crippen molar-refractivity contribution in [3.05, 3.63) is 29.8 Å². The van der Waals surface area contributed by atoms with Crippen LogP contribution >= 0.6 is 11.8 Å². The van der Waals surface area contributed by atoms with Crippen LogP contribution in [0.1, 0.15) is 12.0 Å². The van der Waals surface area contributed by atoms with E-state index < -0.39 is 9.84 Å². The van der Waals surface area contributed by atoms with Gasteiger partial charge in [-0.05, 0) is 29.9 Å².